The molecule has 0 unspecified atom stereocenters. The SMILES string of the molecule is Cc1cccc(-c2nc(CSCCCO)no2)c1. The molecule has 0 spiro atoms. The number of aliphatic hydroxyl groups excluding tert-OH is 1. The van der Waals surface area contributed by atoms with Crippen molar-refractivity contribution in [3.63, 3.8) is 0 Å². The van der Waals surface area contributed by atoms with Crippen LogP contribution in [-0.4, -0.2) is 27.6 Å². The zero-order valence-corrected chi connectivity index (χ0v) is 11.1. The molecule has 0 aliphatic rings. The van der Waals surface area contributed by atoms with Gasteiger partial charge in [-0.2, -0.15) is 16.7 Å². The highest BCUT2D eigenvalue weighted by Crippen LogP contribution is 2.19. The van der Waals surface area contributed by atoms with Gasteiger partial charge in [-0.3, -0.25) is 0 Å². The maximum Gasteiger partial charge on any atom is 0.257 e. The van der Waals surface area contributed by atoms with E-state index in [1.165, 1.54) is 5.56 Å². The Morgan fingerprint density at radius 3 is 3.06 bits per heavy atom. The lowest BCUT2D eigenvalue weighted by Gasteiger charge is -1.95. The summed E-state index contributed by atoms with van der Waals surface area (Å²) in [6.07, 6.45) is 0.799. The summed E-state index contributed by atoms with van der Waals surface area (Å²) in [5, 5.41) is 12.6. The lowest BCUT2D eigenvalue weighted by atomic mass is 10.1. The second-order valence-corrected chi connectivity index (χ2v) is 5.12. The van der Waals surface area contributed by atoms with E-state index in [4.69, 9.17) is 9.63 Å². The molecule has 5 heteroatoms. The monoisotopic (exact) mass is 264 g/mol. The normalized spacial score (nSPS) is 10.8. The van der Waals surface area contributed by atoms with Crippen molar-refractivity contribution in [1.29, 1.82) is 0 Å². The van der Waals surface area contributed by atoms with Gasteiger partial charge in [0.05, 0.1) is 5.75 Å². The van der Waals surface area contributed by atoms with E-state index in [1.807, 2.05) is 31.2 Å². The van der Waals surface area contributed by atoms with Gasteiger partial charge in [0.2, 0.25) is 0 Å². The number of hydrogen-bond acceptors (Lipinski definition) is 5. The third-order valence-electron chi connectivity index (χ3n) is 2.41. The second kappa shape index (κ2) is 6.56. The van der Waals surface area contributed by atoms with E-state index in [0.29, 0.717) is 11.7 Å². The van der Waals surface area contributed by atoms with E-state index in [-0.39, 0.29) is 6.61 Å². The molecule has 1 N–H and O–H groups in total. The molecular weight excluding hydrogens is 248 g/mol. The molecule has 0 saturated heterocycles. The quantitative estimate of drug-likeness (QED) is 0.813. The van der Waals surface area contributed by atoms with Crippen molar-refractivity contribution >= 4 is 11.8 Å². The van der Waals surface area contributed by atoms with E-state index in [0.717, 1.165) is 23.5 Å². The zero-order valence-electron chi connectivity index (χ0n) is 10.3. The predicted octanol–water partition coefficient (Wildman–Crippen LogP) is 2.66. The van der Waals surface area contributed by atoms with Gasteiger partial charge in [-0.1, -0.05) is 22.9 Å². The van der Waals surface area contributed by atoms with Crippen LogP contribution < -0.4 is 0 Å². The van der Waals surface area contributed by atoms with Crippen molar-refractivity contribution in [2.75, 3.05) is 12.4 Å². The van der Waals surface area contributed by atoms with E-state index < -0.39 is 0 Å². The Morgan fingerprint density at radius 1 is 1.39 bits per heavy atom. The van der Waals surface area contributed by atoms with E-state index >= 15 is 0 Å². The molecule has 4 nitrogen and oxygen atoms in total. The number of benzene rings is 1. The van der Waals surface area contributed by atoms with Crippen LogP contribution in [0.5, 0.6) is 0 Å². The minimum absolute atomic E-state index is 0.230. The first-order valence-corrected chi connectivity index (χ1v) is 7.03. The van der Waals surface area contributed by atoms with Crippen molar-refractivity contribution in [3.05, 3.63) is 35.7 Å². The van der Waals surface area contributed by atoms with Crippen molar-refractivity contribution in [2.45, 2.75) is 19.1 Å². The van der Waals surface area contributed by atoms with Gasteiger partial charge in [-0.15, -0.1) is 0 Å². The van der Waals surface area contributed by atoms with Crippen molar-refractivity contribution in [1.82, 2.24) is 10.1 Å². The van der Waals surface area contributed by atoms with Gasteiger partial charge >= 0.3 is 0 Å². The first-order chi connectivity index (χ1) is 8.79. The number of rotatable bonds is 6. The van der Waals surface area contributed by atoms with Crippen LogP contribution in [0.4, 0.5) is 0 Å². The van der Waals surface area contributed by atoms with Gasteiger partial charge in [-0.25, -0.2) is 0 Å². The molecule has 2 rings (SSSR count). The maximum absolute atomic E-state index is 8.68. The van der Waals surface area contributed by atoms with Crippen molar-refractivity contribution < 1.29 is 9.63 Å². The Balaban J connectivity index is 1.97. The van der Waals surface area contributed by atoms with E-state index in [1.54, 1.807) is 11.8 Å². The molecule has 0 fully saturated rings. The summed E-state index contributed by atoms with van der Waals surface area (Å²) >= 11 is 1.70. The molecule has 18 heavy (non-hydrogen) atoms. The molecule has 0 saturated carbocycles. The fourth-order valence-corrected chi connectivity index (χ4v) is 2.32. The van der Waals surface area contributed by atoms with Crippen molar-refractivity contribution in [3.8, 4) is 11.5 Å². The predicted molar refractivity (Wildman–Crippen MR) is 72.3 cm³/mol. The van der Waals surface area contributed by atoms with E-state index in [2.05, 4.69) is 10.1 Å². The van der Waals surface area contributed by atoms with Crippen LogP contribution in [0.1, 0.15) is 17.8 Å². The van der Waals surface area contributed by atoms with Gasteiger partial charge < -0.3 is 9.63 Å². The van der Waals surface area contributed by atoms with Gasteiger partial charge in [-0.05, 0) is 31.2 Å². The van der Waals surface area contributed by atoms with Crippen LogP contribution in [0.2, 0.25) is 0 Å². The minimum atomic E-state index is 0.230. The van der Waals surface area contributed by atoms with Crippen molar-refractivity contribution in [2.24, 2.45) is 0 Å². The highest BCUT2D eigenvalue weighted by Gasteiger charge is 2.08. The van der Waals surface area contributed by atoms with Crippen LogP contribution in [0.3, 0.4) is 0 Å². The maximum atomic E-state index is 8.68. The second-order valence-electron chi connectivity index (χ2n) is 4.01. The third kappa shape index (κ3) is 3.58. The molecule has 0 aliphatic carbocycles. The summed E-state index contributed by atoms with van der Waals surface area (Å²) in [5.41, 5.74) is 2.12. The number of nitrogens with zero attached hydrogens (tertiary/aromatic N) is 2. The van der Waals surface area contributed by atoms with Gasteiger partial charge in [0, 0.05) is 12.2 Å². The molecule has 2 aromatic rings. The average Bonchev–Trinajstić information content (AvgIpc) is 2.83. The number of aromatic nitrogens is 2. The Kier molecular flexibility index (Phi) is 4.78. The number of aryl methyl sites for hydroxylation is 1. The summed E-state index contributed by atoms with van der Waals surface area (Å²) in [4.78, 5) is 4.36. The first kappa shape index (κ1) is 13.1. The first-order valence-electron chi connectivity index (χ1n) is 5.88. The van der Waals surface area contributed by atoms with Crippen LogP contribution in [0.25, 0.3) is 11.5 Å². The lowest BCUT2D eigenvalue weighted by Crippen LogP contribution is -1.89. The fraction of sp³-hybridized carbons (Fsp3) is 0.385. The smallest absolute Gasteiger partial charge is 0.257 e. The largest absolute Gasteiger partial charge is 0.396 e. The van der Waals surface area contributed by atoms with Gasteiger partial charge in [0.25, 0.3) is 5.89 Å². The molecule has 0 aliphatic heterocycles. The Morgan fingerprint density at radius 2 is 2.28 bits per heavy atom. The number of aliphatic hydroxyl groups is 1. The molecule has 96 valence electrons. The standard InChI is InChI=1S/C13H16N2O2S/c1-10-4-2-5-11(8-10)13-14-12(15-17-13)9-18-7-3-6-16/h2,4-5,8,16H,3,6-7,9H2,1H3. The van der Waals surface area contributed by atoms with Gasteiger partial charge in [0.1, 0.15) is 0 Å². The van der Waals surface area contributed by atoms with Gasteiger partial charge in [0.15, 0.2) is 5.82 Å². The fourth-order valence-electron chi connectivity index (χ4n) is 1.54. The molecule has 1 heterocycles. The highest BCUT2D eigenvalue weighted by molar-refractivity contribution is 7.98. The van der Waals surface area contributed by atoms with Crippen LogP contribution in [0.15, 0.2) is 28.8 Å². The molecule has 0 amide bonds. The molecule has 1 aromatic carbocycles. The number of thioether (sulfide) groups is 1. The summed E-state index contributed by atoms with van der Waals surface area (Å²) in [5.74, 6) is 2.89. The Labute approximate surface area is 110 Å². The lowest BCUT2D eigenvalue weighted by molar-refractivity contribution is 0.296. The zero-order chi connectivity index (χ0) is 12.8. The van der Waals surface area contributed by atoms with Crippen LogP contribution in [0, 0.1) is 6.92 Å². The van der Waals surface area contributed by atoms with E-state index in [9.17, 15) is 0 Å². The Bertz CT molecular complexity index is 499. The summed E-state index contributed by atoms with van der Waals surface area (Å²) < 4.78 is 5.24. The molecule has 0 bridgehead atoms. The molecule has 0 atom stereocenters. The third-order valence-corrected chi connectivity index (χ3v) is 3.45. The highest BCUT2D eigenvalue weighted by atomic mass is 32.2. The number of hydrogen-bond donors (Lipinski definition) is 1. The summed E-state index contributed by atoms with van der Waals surface area (Å²) in [6, 6.07) is 8.00. The topological polar surface area (TPSA) is 59.2 Å². The average molecular weight is 264 g/mol. The molecular formula is C13H16N2O2S. The minimum Gasteiger partial charge on any atom is -0.396 e. The molecule has 0 radical (unpaired) electrons. The van der Waals surface area contributed by atoms with Crippen LogP contribution >= 0.6 is 11.8 Å². The summed E-state index contributed by atoms with van der Waals surface area (Å²) in [6.45, 7) is 2.26. The van der Waals surface area contributed by atoms with Crippen LogP contribution in [-0.2, 0) is 5.75 Å². The summed E-state index contributed by atoms with van der Waals surface area (Å²) in [7, 11) is 0. The Hall–Kier alpha value is -1.33. The molecule has 1 aromatic heterocycles.